The van der Waals surface area contributed by atoms with Crippen LogP contribution < -0.4 is 4.74 Å². The molecule has 1 fully saturated rings. The summed E-state index contributed by atoms with van der Waals surface area (Å²) >= 11 is 3.16. The smallest absolute Gasteiger partial charge is 0.310 e. The number of hydrogen-bond acceptors (Lipinski definition) is 4. The fourth-order valence-corrected chi connectivity index (χ4v) is 2.81. The highest BCUT2D eigenvalue weighted by Crippen LogP contribution is 2.22. The van der Waals surface area contributed by atoms with Crippen LogP contribution in [0.4, 0.5) is 4.39 Å². The zero-order valence-corrected chi connectivity index (χ0v) is 14.5. The zero-order valence-electron chi connectivity index (χ0n) is 12.9. The van der Waals surface area contributed by atoms with Gasteiger partial charge in [-0.25, -0.2) is 4.39 Å². The molecule has 0 spiro atoms. The maximum absolute atomic E-state index is 13.7. The van der Waals surface area contributed by atoms with Crippen molar-refractivity contribution in [2.75, 3.05) is 26.3 Å². The normalized spacial score (nSPS) is 17.7. The number of rotatable bonds is 5. The number of likely N-dealkylation sites (tertiary alicyclic amines) is 1. The average Bonchev–Trinajstić information content (AvgIpc) is 2.54. The second-order valence-electron chi connectivity index (χ2n) is 5.29. The maximum Gasteiger partial charge on any atom is 0.310 e. The molecule has 7 heteroatoms. The molecule has 2 rings (SSSR count). The number of halogens is 2. The number of piperidine rings is 1. The molecule has 1 amide bonds. The molecule has 0 aliphatic carbocycles. The summed E-state index contributed by atoms with van der Waals surface area (Å²) in [6.07, 6.45) is 1.45. The molecule has 0 aromatic heterocycles. The van der Waals surface area contributed by atoms with E-state index in [0.29, 0.717) is 30.6 Å². The van der Waals surface area contributed by atoms with Crippen molar-refractivity contribution in [3.8, 4) is 5.75 Å². The predicted molar refractivity (Wildman–Crippen MR) is 85.5 cm³/mol. The van der Waals surface area contributed by atoms with Crippen LogP contribution in [0.2, 0.25) is 0 Å². The van der Waals surface area contributed by atoms with E-state index in [9.17, 15) is 14.0 Å². The van der Waals surface area contributed by atoms with Crippen LogP contribution in [0.15, 0.2) is 22.7 Å². The van der Waals surface area contributed by atoms with Gasteiger partial charge in [0, 0.05) is 17.6 Å². The molecule has 1 aromatic carbocycles. The van der Waals surface area contributed by atoms with Crippen LogP contribution in [-0.4, -0.2) is 43.1 Å². The van der Waals surface area contributed by atoms with Gasteiger partial charge in [0.25, 0.3) is 5.91 Å². The molecule has 1 aliphatic heterocycles. The molecule has 23 heavy (non-hydrogen) atoms. The lowest BCUT2D eigenvalue weighted by Crippen LogP contribution is -2.44. The van der Waals surface area contributed by atoms with Crippen LogP contribution in [0.25, 0.3) is 0 Å². The Bertz CT molecular complexity index is 581. The minimum atomic E-state index is -0.532. The number of esters is 1. The molecule has 0 saturated carbocycles. The summed E-state index contributed by atoms with van der Waals surface area (Å²) in [5, 5.41) is 0. The van der Waals surface area contributed by atoms with Gasteiger partial charge in [0.1, 0.15) is 0 Å². The van der Waals surface area contributed by atoms with E-state index in [4.69, 9.17) is 9.47 Å². The van der Waals surface area contributed by atoms with Gasteiger partial charge in [-0.05, 0) is 38.0 Å². The van der Waals surface area contributed by atoms with E-state index in [0.717, 1.165) is 6.42 Å². The number of amides is 1. The third-order valence-corrected chi connectivity index (χ3v) is 4.13. The van der Waals surface area contributed by atoms with E-state index in [-0.39, 0.29) is 30.2 Å². The molecule has 0 N–H and O–H groups in total. The topological polar surface area (TPSA) is 55.8 Å². The van der Waals surface area contributed by atoms with Crippen LogP contribution in [-0.2, 0) is 14.3 Å². The van der Waals surface area contributed by atoms with Crippen molar-refractivity contribution in [2.45, 2.75) is 19.8 Å². The molecule has 1 atom stereocenters. The van der Waals surface area contributed by atoms with Gasteiger partial charge >= 0.3 is 5.97 Å². The molecular formula is C16H19BrFNO4. The standard InChI is InChI=1S/C16H19BrFNO4/c1-2-22-16(21)11-4-3-7-19(9-11)15(20)10-23-14-6-5-12(17)8-13(14)18/h5-6,8,11H,2-4,7,9-10H2,1H3. The lowest BCUT2D eigenvalue weighted by molar-refractivity contribution is -0.151. The number of hydrogen-bond donors (Lipinski definition) is 0. The second kappa shape index (κ2) is 8.29. The van der Waals surface area contributed by atoms with E-state index in [1.165, 1.54) is 12.1 Å². The first-order valence-electron chi connectivity index (χ1n) is 7.53. The highest BCUT2D eigenvalue weighted by molar-refractivity contribution is 9.10. The quantitative estimate of drug-likeness (QED) is 0.728. The molecule has 1 aromatic rings. The van der Waals surface area contributed by atoms with Gasteiger partial charge in [0.05, 0.1) is 12.5 Å². The van der Waals surface area contributed by atoms with E-state index in [1.807, 2.05) is 0 Å². The van der Waals surface area contributed by atoms with Crippen molar-refractivity contribution < 1.29 is 23.5 Å². The Morgan fingerprint density at radius 1 is 1.43 bits per heavy atom. The van der Waals surface area contributed by atoms with Gasteiger partial charge in [0.2, 0.25) is 0 Å². The lowest BCUT2D eigenvalue weighted by Gasteiger charge is -2.31. The summed E-state index contributed by atoms with van der Waals surface area (Å²) in [6.45, 7) is 2.72. The highest BCUT2D eigenvalue weighted by atomic mass is 79.9. The van der Waals surface area contributed by atoms with Crippen molar-refractivity contribution in [3.05, 3.63) is 28.5 Å². The van der Waals surface area contributed by atoms with Crippen LogP contribution in [0.5, 0.6) is 5.75 Å². The van der Waals surface area contributed by atoms with Crippen molar-refractivity contribution in [3.63, 3.8) is 0 Å². The Labute approximate surface area is 142 Å². The van der Waals surface area contributed by atoms with Gasteiger partial charge in [0.15, 0.2) is 18.2 Å². The van der Waals surface area contributed by atoms with Crippen molar-refractivity contribution >= 4 is 27.8 Å². The van der Waals surface area contributed by atoms with Crippen LogP contribution in [0.3, 0.4) is 0 Å². The minimum absolute atomic E-state index is 0.0282. The predicted octanol–water partition coefficient (Wildman–Crippen LogP) is 2.77. The summed E-state index contributed by atoms with van der Waals surface area (Å²) in [4.78, 5) is 25.5. The Kier molecular flexibility index (Phi) is 6.38. The third-order valence-electron chi connectivity index (χ3n) is 3.64. The summed E-state index contributed by atoms with van der Waals surface area (Å²) in [5.74, 6) is -1.33. The maximum atomic E-state index is 13.7. The van der Waals surface area contributed by atoms with Crippen LogP contribution in [0.1, 0.15) is 19.8 Å². The van der Waals surface area contributed by atoms with E-state index < -0.39 is 5.82 Å². The van der Waals surface area contributed by atoms with Crippen molar-refractivity contribution in [2.24, 2.45) is 5.92 Å². The van der Waals surface area contributed by atoms with E-state index in [2.05, 4.69) is 15.9 Å². The molecule has 1 saturated heterocycles. The second-order valence-corrected chi connectivity index (χ2v) is 6.21. The number of nitrogens with zero attached hydrogens (tertiary/aromatic N) is 1. The van der Waals surface area contributed by atoms with Gasteiger partial charge in [-0.1, -0.05) is 15.9 Å². The summed E-state index contributed by atoms with van der Waals surface area (Å²) in [7, 11) is 0. The van der Waals surface area contributed by atoms with Crippen LogP contribution in [0, 0.1) is 11.7 Å². The first-order valence-corrected chi connectivity index (χ1v) is 8.32. The number of ether oxygens (including phenoxy) is 2. The molecule has 126 valence electrons. The Hall–Kier alpha value is -1.63. The molecule has 0 radical (unpaired) electrons. The van der Waals surface area contributed by atoms with Gasteiger partial charge in [-0.3, -0.25) is 9.59 Å². The van der Waals surface area contributed by atoms with Gasteiger partial charge in [-0.2, -0.15) is 0 Å². The van der Waals surface area contributed by atoms with Crippen molar-refractivity contribution in [1.29, 1.82) is 0 Å². The molecular weight excluding hydrogens is 369 g/mol. The van der Waals surface area contributed by atoms with E-state index in [1.54, 1.807) is 17.9 Å². The molecule has 1 aliphatic rings. The number of benzene rings is 1. The van der Waals surface area contributed by atoms with Crippen LogP contribution >= 0.6 is 15.9 Å². The molecule has 0 bridgehead atoms. The number of carbonyl (C=O) groups excluding carboxylic acids is 2. The fraction of sp³-hybridized carbons (Fsp3) is 0.500. The number of carbonyl (C=O) groups is 2. The lowest BCUT2D eigenvalue weighted by atomic mass is 9.98. The molecule has 1 heterocycles. The molecule has 1 unspecified atom stereocenters. The Morgan fingerprint density at radius 3 is 2.91 bits per heavy atom. The molecule has 5 nitrogen and oxygen atoms in total. The first kappa shape index (κ1) is 17.7. The fourth-order valence-electron chi connectivity index (χ4n) is 2.48. The summed E-state index contributed by atoms with van der Waals surface area (Å²) in [5.41, 5.74) is 0. The third kappa shape index (κ3) is 4.92. The SMILES string of the molecule is CCOC(=O)C1CCCN(C(=O)COc2ccc(Br)cc2F)C1. The Morgan fingerprint density at radius 2 is 2.22 bits per heavy atom. The zero-order chi connectivity index (χ0) is 16.8. The first-order chi connectivity index (χ1) is 11.0. The Balaban J connectivity index is 1.88. The average molecular weight is 388 g/mol. The summed E-state index contributed by atoms with van der Waals surface area (Å²) < 4.78 is 24.5. The summed E-state index contributed by atoms with van der Waals surface area (Å²) in [6, 6.07) is 4.38. The van der Waals surface area contributed by atoms with Crippen molar-refractivity contribution in [1.82, 2.24) is 4.90 Å². The van der Waals surface area contributed by atoms with E-state index >= 15 is 0 Å². The highest BCUT2D eigenvalue weighted by Gasteiger charge is 2.29. The minimum Gasteiger partial charge on any atom is -0.481 e. The largest absolute Gasteiger partial charge is 0.481 e. The van der Waals surface area contributed by atoms with Gasteiger partial charge in [-0.15, -0.1) is 0 Å². The van der Waals surface area contributed by atoms with Gasteiger partial charge < -0.3 is 14.4 Å². The monoisotopic (exact) mass is 387 g/mol.